The van der Waals surface area contributed by atoms with E-state index in [0.29, 0.717) is 25.0 Å². The van der Waals surface area contributed by atoms with Gasteiger partial charge in [0.2, 0.25) is 0 Å². The zero-order valence-corrected chi connectivity index (χ0v) is 14.9. The molecule has 0 amide bonds. The monoisotopic (exact) mass is 359 g/mol. The van der Waals surface area contributed by atoms with Crippen molar-refractivity contribution in [2.75, 3.05) is 0 Å². The Hall–Kier alpha value is -3.11. The van der Waals surface area contributed by atoms with Crippen molar-refractivity contribution < 1.29 is 14.6 Å². The minimum atomic E-state index is -1.20. The third kappa shape index (κ3) is 3.57. The van der Waals surface area contributed by atoms with Crippen molar-refractivity contribution in [3.63, 3.8) is 0 Å². The van der Waals surface area contributed by atoms with Crippen LogP contribution in [0.15, 0.2) is 72.8 Å². The minimum Gasteiger partial charge on any atom is -0.480 e. The van der Waals surface area contributed by atoms with Gasteiger partial charge in [-0.05, 0) is 59.4 Å². The van der Waals surface area contributed by atoms with Crippen LogP contribution in [0.4, 0.5) is 0 Å². The molecule has 136 valence electrons. The van der Waals surface area contributed by atoms with E-state index in [2.05, 4.69) is 12.1 Å². The second-order valence-electron chi connectivity index (χ2n) is 7.06. The Morgan fingerprint density at radius 2 is 1.63 bits per heavy atom. The van der Waals surface area contributed by atoms with Gasteiger partial charge in [0.15, 0.2) is 0 Å². The summed E-state index contributed by atoms with van der Waals surface area (Å²) >= 11 is 0. The average Bonchev–Trinajstić information content (AvgIpc) is 2.68. The van der Waals surface area contributed by atoms with Crippen molar-refractivity contribution in [2.45, 2.75) is 24.8 Å². The van der Waals surface area contributed by atoms with Gasteiger partial charge < -0.3 is 15.6 Å². The number of hydrogen-bond acceptors (Lipinski definition) is 3. The lowest BCUT2D eigenvalue weighted by Crippen LogP contribution is -2.52. The largest absolute Gasteiger partial charge is 0.480 e. The van der Waals surface area contributed by atoms with E-state index in [1.54, 1.807) is 0 Å². The first-order valence-electron chi connectivity index (χ1n) is 9.01. The van der Waals surface area contributed by atoms with E-state index in [-0.39, 0.29) is 0 Å². The topological polar surface area (TPSA) is 72.6 Å². The predicted molar refractivity (Wildman–Crippen MR) is 105 cm³/mol. The van der Waals surface area contributed by atoms with Gasteiger partial charge in [0.1, 0.15) is 17.0 Å². The molecule has 0 radical (unpaired) electrons. The molecule has 1 aliphatic rings. The van der Waals surface area contributed by atoms with Crippen molar-refractivity contribution in [2.24, 2.45) is 5.73 Å². The summed E-state index contributed by atoms with van der Waals surface area (Å²) < 4.78 is 6.05. The fourth-order valence-electron chi connectivity index (χ4n) is 3.55. The molecule has 0 saturated heterocycles. The van der Waals surface area contributed by atoms with Crippen LogP contribution in [0.3, 0.4) is 0 Å². The number of carboxylic acid groups (broad SMARTS) is 1. The van der Waals surface area contributed by atoms with Crippen molar-refractivity contribution in [3.8, 4) is 22.6 Å². The number of benzene rings is 3. The summed E-state index contributed by atoms with van der Waals surface area (Å²) in [5.74, 6) is 0.480. The molecule has 0 aliphatic heterocycles. The molecule has 0 saturated carbocycles. The maximum absolute atomic E-state index is 11.5. The Morgan fingerprint density at radius 3 is 2.41 bits per heavy atom. The molecule has 4 rings (SSSR count). The lowest BCUT2D eigenvalue weighted by atomic mass is 9.78. The van der Waals surface area contributed by atoms with Crippen LogP contribution in [0.25, 0.3) is 11.1 Å². The van der Waals surface area contributed by atoms with Gasteiger partial charge in [-0.2, -0.15) is 0 Å². The molecular formula is C23H21NO3. The number of fused-ring (bicyclic) bond motifs is 1. The maximum Gasteiger partial charge on any atom is 0.324 e. The Balaban J connectivity index is 1.59. The van der Waals surface area contributed by atoms with E-state index < -0.39 is 11.5 Å². The Morgan fingerprint density at radius 1 is 0.889 bits per heavy atom. The van der Waals surface area contributed by atoms with E-state index in [1.165, 1.54) is 0 Å². The molecule has 4 heteroatoms. The number of aryl methyl sites for hydroxylation is 1. The fourth-order valence-corrected chi connectivity index (χ4v) is 3.55. The summed E-state index contributed by atoms with van der Waals surface area (Å²) in [6.07, 6.45) is 1.44. The summed E-state index contributed by atoms with van der Waals surface area (Å²) in [5.41, 5.74) is 9.17. The zero-order valence-electron chi connectivity index (χ0n) is 14.9. The molecule has 0 bridgehead atoms. The fraction of sp³-hybridized carbons (Fsp3) is 0.174. The van der Waals surface area contributed by atoms with Crippen LogP contribution in [0.2, 0.25) is 0 Å². The van der Waals surface area contributed by atoms with Crippen molar-refractivity contribution in [3.05, 3.63) is 83.9 Å². The minimum absolute atomic E-state index is 0.318. The first kappa shape index (κ1) is 17.3. The van der Waals surface area contributed by atoms with E-state index in [1.807, 2.05) is 60.7 Å². The SMILES string of the molecule is NC1(C(=O)O)CCc2ccc(Oc3cccc(-c4ccccc4)c3)cc2C1. The quantitative estimate of drug-likeness (QED) is 0.723. The number of hydrogen-bond donors (Lipinski definition) is 2. The van der Waals surface area contributed by atoms with Crippen molar-refractivity contribution in [1.82, 2.24) is 0 Å². The lowest BCUT2D eigenvalue weighted by Gasteiger charge is -2.31. The van der Waals surface area contributed by atoms with Gasteiger partial charge in [-0.1, -0.05) is 48.5 Å². The molecular weight excluding hydrogens is 338 g/mol. The normalized spacial score (nSPS) is 18.6. The van der Waals surface area contributed by atoms with Gasteiger partial charge in [-0.25, -0.2) is 0 Å². The molecule has 3 aromatic rings. The van der Waals surface area contributed by atoms with Crippen LogP contribution in [0, 0.1) is 0 Å². The highest BCUT2D eigenvalue weighted by Crippen LogP contribution is 2.33. The van der Waals surface area contributed by atoms with Crippen molar-refractivity contribution in [1.29, 1.82) is 0 Å². The molecule has 0 heterocycles. The average molecular weight is 359 g/mol. The molecule has 3 aromatic carbocycles. The first-order valence-corrected chi connectivity index (χ1v) is 9.01. The standard InChI is InChI=1S/C23H21NO3/c24-23(22(25)26)12-11-17-9-10-21(14-19(17)15-23)27-20-8-4-7-18(13-20)16-5-2-1-3-6-16/h1-10,13-14H,11-12,15,24H2,(H,25,26). The van der Waals surface area contributed by atoms with Crippen LogP contribution in [0.1, 0.15) is 17.5 Å². The predicted octanol–water partition coefficient (Wildman–Crippen LogP) is 4.42. The number of carbonyl (C=O) groups is 1. The van der Waals surface area contributed by atoms with Gasteiger partial charge >= 0.3 is 5.97 Å². The molecule has 0 fully saturated rings. The number of carboxylic acids is 1. The first-order chi connectivity index (χ1) is 13.0. The van der Waals surface area contributed by atoms with Crippen LogP contribution in [0.5, 0.6) is 11.5 Å². The molecule has 0 aromatic heterocycles. The Kier molecular flexibility index (Phi) is 4.42. The third-order valence-electron chi connectivity index (χ3n) is 5.13. The van der Waals surface area contributed by atoms with Crippen LogP contribution >= 0.6 is 0 Å². The summed E-state index contributed by atoms with van der Waals surface area (Å²) in [4.78, 5) is 11.5. The molecule has 27 heavy (non-hydrogen) atoms. The summed E-state index contributed by atoms with van der Waals surface area (Å²) in [7, 11) is 0. The van der Waals surface area contributed by atoms with E-state index in [0.717, 1.165) is 28.0 Å². The van der Waals surface area contributed by atoms with Gasteiger partial charge in [-0.15, -0.1) is 0 Å². The number of nitrogens with two attached hydrogens (primary N) is 1. The maximum atomic E-state index is 11.5. The molecule has 1 atom stereocenters. The summed E-state index contributed by atoms with van der Waals surface area (Å²) in [6.45, 7) is 0. The Labute approximate surface area is 158 Å². The van der Waals surface area contributed by atoms with Gasteiger partial charge in [0.05, 0.1) is 0 Å². The van der Waals surface area contributed by atoms with E-state index in [4.69, 9.17) is 10.5 Å². The van der Waals surface area contributed by atoms with Crippen LogP contribution < -0.4 is 10.5 Å². The number of ether oxygens (including phenoxy) is 1. The van der Waals surface area contributed by atoms with E-state index in [9.17, 15) is 9.90 Å². The van der Waals surface area contributed by atoms with Crippen LogP contribution in [-0.4, -0.2) is 16.6 Å². The molecule has 1 unspecified atom stereocenters. The summed E-state index contributed by atoms with van der Waals surface area (Å²) in [6, 6.07) is 23.9. The van der Waals surface area contributed by atoms with E-state index >= 15 is 0 Å². The second kappa shape index (κ2) is 6.89. The van der Waals surface area contributed by atoms with Gasteiger partial charge in [0, 0.05) is 6.42 Å². The third-order valence-corrected chi connectivity index (χ3v) is 5.13. The molecule has 4 nitrogen and oxygen atoms in total. The van der Waals surface area contributed by atoms with Gasteiger partial charge in [0.25, 0.3) is 0 Å². The molecule has 3 N–H and O–H groups in total. The smallest absolute Gasteiger partial charge is 0.324 e. The Bertz CT molecular complexity index is 984. The molecule has 0 spiro atoms. The second-order valence-corrected chi connectivity index (χ2v) is 7.06. The summed E-state index contributed by atoms with van der Waals surface area (Å²) in [5, 5.41) is 9.41. The number of rotatable bonds is 4. The lowest BCUT2D eigenvalue weighted by molar-refractivity contribution is -0.143. The number of aliphatic carboxylic acids is 1. The van der Waals surface area contributed by atoms with Gasteiger partial charge in [-0.3, -0.25) is 4.79 Å². The highest BCUT2D eigenvalue weighted by Gasteiger charge is 2.37. The highest BCUT2D eigenvalue weighted by atomic mass is 16.5. The molecule has 1 aliphatic carbocycles. The highest BCUT2D eigenvalue weighted by molar-refractivity contribution is 5.79. The van der Waals surface area contributed by atoms with Crippen molar-refractivity contribution >= 4 is 5.97 Å². The zero-order chi connectivity index (χ0) is 18.9. The van der Waals surface area contributed by atoms with Crippen LogP contribution in [-0.2, 0) is 17.6 Å².